The van der Waals surface area contributed by atoms with Gasteiger partial charge in [0.25, 0.3) is 5.91 Å². The molecule has 3 N–H and O–H groups in total. The Labute approximate surface area is 345 Å². The Bertz CT molecular complexity index is 2210. The van der Waals surface area contributed by atoms with Crippen molar-refractivity contribution in [2.24, 2.45) is 0 Å². The number of imide groups is 1. The number of ether oxygens (including phenoxy) is 1. The lowest BCUT2D eigenvalue weighted by molar-refractivity contribution is -0.138. The summed E-state index contributed by atoms with van der Waals surface area (Å²) in [5.74, 6) is -0.494. The molecular formula is C42H45F3N8O5S. The van der Waals surface area contributed by atoms with Gasteiger partial charge in [0.15, 0.2) is 5.11 Å². The number of carbonyl (C=O) groups is 4. The number of halogens is 3. The molecule has 1 aliphatic carbocycles. The minimum Gasteiger partial charge on any atom is -0.492 e. The Balaban J connectivity index is 0.925. The second-order valence-corrected chi connectivity index (χ2v) is 15.7. The highest BCUT2D eigenvalue weighted by molar-refractivity contribution is 7.81. The third-order valence-electron chi connectivity index (χ3n) is 11.6. The number of hydrogen-bond acceptors (Lipinski definition) is 10. The zero-order valence-corrected chi connectivity index (χ0v) is 33.5. The molecule has 3 aliphatic heterocycles. The lowest BCUT2D eigenvalue weighted by Crippen LogP contribution is -2.55. The smallest absolute Gasteiger partial charge is 0.417 e. The number of nitrogens with one attached hydrogen (secondary N) is 3. The molecule has 3 aromatic rings. The van der Waals surface area contributed by atoms with Crippen molar-refractivity contribution < 1.29 is 37.1 Å². The molecule has 0 bridgehead atoms. The number of rotatable bonds is 12. The third kappa shape index (κ3) is 8.61. The van der Waals surface area contributed by atoms with Gasteiger partial charge in [0.05, 0.1) is 29.4 Å². The number of thiocarbonyl (C=S) groups is 1. The molecule has 13 nitrogen and oxygen atoms in total. The van der Waals surface area contributed by atoms with Crippen molar-refractivity contribution in [1.29, 1.82) is 5.26 Å². The van der Waals surface area contributed by atoms with E-state index in [0.29, 0.717) is 68.2 Å². The predicted octanol–water partition coefficient (Wildman–Crippen LogP) is 5.44. The van der Waals surface area contributed by atoms with Crippen LogP contribution in [0.3, 0.4) is 0 Å². The Kier molecular flexibility index (Phi) is 12.0. The first-order valence-electron chi connectivity index (χ1n) is 19.7. The van der Waals surface area contributed by atoms with Gasteiger partial charge in [-0.15, -0.1) is 0 Å². The molecule has 1 spiro atoms. The molecule has 3 saturated heterocycles. The summed E-state index contributed by atoms with van der Waals surface area (Å²) in [6.07, 6.45) is -1.73. The number of anilines is 4. The van der Waals surface area contributed by atoms with Crippen molar-refractivity contribution in [1.82, 2.24) is 15.1 Å². The van der Waals surface area contributed by atoms with Gasteiger partial charge in [-0.3, -0.25) is 39.2 Å². The summed E-state index contributed by atoms with van der Waals surface area (Å²) in [4.78, 5) is 58.0. The van der Waals surface area contributed by atoms with E-state index in [1.165, 1.54) is 11.0 Å². The van der Waals surface area contributed by atoms with Crippen LogP contribution < -0.4 is 30.5 Å². The first-order chi connectivity index (χ1) is 28.2. The maximum absolute atomic E-state index is 14.0. The number of alkyl halides is 3. The van der Waals surface area contributed by atoms with Crippen LogP contribution in [0.4, 0.5) is 35.9 Å². The van der Waals surface area contributed by atoms with Crippen LogP contribution in [0.25, 0.3) is 0 Å². The SMILES string of the molecule is CCc1cc(N2C(=S)N(c3ccc(C#N)c(C(F)(F)F)c3)C(=O)C23CCC3)ccc1OCCN1CCN(CC(=O)Nc2cccc(NC3CCC(=O)NC3=O)c2)[C@H](C)C1. The Morgan fingerprint density at radius 3 is 2.49 bits per heavy atom. The van der Waals surface area contributed by atoms with Gasteiger partial charge >= 0.3 is 6.18 Å². The van der Waals surface area contributed by atoms with Crippen LogP contribution in [-0.2, 0) is 31.8 Å². The summed E-state index contributed by atoms with van der Waals surface area (Å²) >= 11 is 5.81. The average molecular weight is 831 g/mol. The van der Waals surface area contributed by atoms with E-state index in [9.17, 15) is 37.6 Å². The number of piperazine rings is 1. The average Bonchev–Trinajstić information content (AvgIpc) is 3.42. The van der Waals surface area contributed by atoms with Gasteiger partial charge in [-0.2, -0.15) is 18.4 Å². The molecule has 1 saturated carbocycles. The molecule has 4 amide bonds. The number of nitrogens with zero attached hydrogens (tertiary/aromatic N) is 5. The molecule has 0 radical (unpaired) electrons. The van der Waals surface area contributed by atoms with Gasteiger partial charge in [0.1, 0.15) is 23.9 Å². The van der Waals surface area contributed by atoms with Crippen LogP contribution >= 0.6 is 12.2 Å². The second-order valence-electron chi connectivity index (χ2n) is 15.4. The van der Waals surface area contributed by atoms with Crippen molar-refractivity contribution in [3.05, 3.63) is 77.4 Å². The van der Waals surface area contributed by atoms with Crippen molar-refractivity contribution in [2.75, 3.05) is 59.8 Å². The van der Waals surface area contributed by atoms with E-state index < -0.39 is 28.9 Å². The summed E-state index contributed by atoms with van der Waals surface area (Å²) < 4.78 is 47.8. The van der Waals surface area contributed by atoms with E-state index >= 15 is 0 Å². The number of carbonyl (C=O) groups excluding carboxylic acids is 4. The van der Waals surface area contributed by atoms with E-state index in [4.69, 9.17) is 17.0 Å². The van der Waals surface area contributed by atoms with Gasteiger partial charge in [-0.05, 0) is 111 Å². The van der Waals surface area contributed by atoms with Crippen LogP contribution in [0.15, 0.2) is 60.7 Å². The summed E-state index contributed by atoms with van der Waals surface area (Å²) in [6.45, 7) is 7.55. The highest BCUT2D eigenvalue weighted by Crippen LogP contribution is 2.49. The van der Waals surface area contributed by atoms with Crippen LogP contribution in [0, 0.1) is 11.3 Å². The molecule has 0 aromatic heterocycles. The third-order valence-corrected chi connectivity index (χ3v) is 11.9. The van der Waals surface area contributed by atoms with Crippen molar-refractivity contribution in [2.45, 2.75) is 76.2 Å². The molecule has 59 heavy (non-hydrogen) atoms. The van der Waals surface area contributed by atoms with Crippen molar-refractivity contribution in [3.63, 3.8) is 0 Å². The molecule has 7 rings (SSSR count). The molecular weight excluding hydrogens is 786 g/mol. The zero-order chi connectivity index (χ0) is 42.1. The number of hydrogen-bond donors (Lipinski definition) is 3. The molecule has 2 atom stereocenters. The van der Waals surface area contributed by atoms with E-state index in [1.54, 1.807) is 35.2 Å². The fourth-order valence-electron chi connectivity index (χ4n) is 8.23. The van der Waals surface area contributed by atoms with E-state index in [-0.39, 0.29) is 53.4 Å². The maximum atomic E-state index is 14.0. The first kappa shape index (κ1) is 41.6. The monoisotopic (exact) mass is 830 g/mol. The lowest BCUT2D eigenvalue weighted by atomic mass is 9.75. The number of piperidine rings is 1. The van der Waals surface area contributed by atoms with Gasteiger partial charge in [-0.25, -0.2) is 0 Å². The Hall–Kier alpha value is -5.57. The lowest BCUT2D eigenvalue weighted by Gasteiger charge is -2.43. The molecule has 1 unspecified atom stereocenters. The Morgan fingerprint density at radius 1 is 1.05 bits per heavy atom. The summed E-state index contributed by atoms with van der Waals surface area (Å²) in [5, 5.41) is 17.8. The second kappa shape index (κ2) is 17.0. The number of benzene rings is 3. The standard InChI is InChI=1S/C42H45F3N8O5S/c1-3-27-20-32(53-40(59)52(39(57)41(53)14-5-15-41)31-9-8-28(23-46)33(22-31)42(43,44)45)10-12-35(27)58-19-18-50-16-17-51(26(2)24-50)25-37(55)48-30-7-4-6-29(21-30)47-34-11-13-36(54)49-38(34)56/h4,6-10,12,20-22,26,34,47H,3,5,11,13-19,24-25H2,1-2H3,(H,48,55)(H,49,54,56)/t26-,34?/m1/s1. The van der Waals surface area contributed by atoms with E-state index in [1.807, 2.05) is 25.1 Å². The van der Waals surface area contributed by atoms with Gasteiger partial charge in [0.2, 0.25) is 17.7 Å². The minimum absolute atomic E-state index is 0.0296. The van der Waals surface area contributed by atoms with Crippen molar-refractivity contribution in [3.8, 4) is 11.8 Å². The molecule has 3 heterocycles. The van der Waals surface area contributed by atoms with Gasteiger partial charge in [-0.1, -0.05) is 13.0 Å². The van der Waals surface area contributed by atoms with Crippen LogP contribution in [-0.4, -0.2) is 95.5 Å². The first-order valence-corrected chi connectivity index (χ1v) is 20.1. The molecule has 4 aliphatic rings. The molecule has 3 aromatic carbocycles. The summed E-state index contributed by atoms with van der Waals surface area (Å²) in [5.41, 5.74) is 0.135. The Morgan fingerprint density at radius 2 is 1.81 bits per heavy atom. The largest absolute Gasteiger partial charge is 0.492 e. The van der Waals surface area contributed by atoms with E-state index in [0.717, 1.165) is 37.2 Å². The topological polar surface area (TPSA) is 150 Å². The summed E-state index contributed by atoms with van der Waals surface area (Å²) in [7, 11) is 0. The van der Waals surface area contributed by atoms with Crippen LogP contribution in [0.1, 0.15) is 62.6 Å². The highest BCUT2D eigenvalue weighted by atomic mass is 32.1. The maximum Gasteiger partial charge on any atom is 0.417 e. The summed E-state index contributed by atoms with van der Waals surface area (Å²) in [6, 6.07) is 17.1. The fourth-order valence-corrected chi connectivity index (χ4v) is 8.70. The fraction of sp³-hybridized carbons (Fsp3) is 0.429. The van der Waals surface area contributed by atoms with Crippen molar-refractivity contribution >= 4 is 63.7 Å². The zero-order valence-electron chi connectivity index (χ0n) is 32.7. The quantitative estimate of drug-likeness (QED) is 0.158. The van der Waals surface area contributed by atoms with Crippen LogP contribution in [0.2, 0.25) is 0 Å². The number of amides is 4. The molecule has 17 heteroatoms. The minimum atomic E-state index is -4.78. The van der Waals surface area contributed by atoms with Crippen LogP contribution in [0.5, 0.6) is 5.75 Å². The molecule has 4 fully saturated rings. The number of aryl methyl sites for hydroxylation is 1. The number of nitriles is 1. The van der Waals surface area contributed by atoms with Gasteiger partial charge < -0.3 is 20.3 Å². The normalized spacial score (nSPS) is 20.9. The predicted molar refractivity (Wildman–Crippen MR) is 219 cm³/mol. The van der Waals surface area contributed by atoms with E-state index in [2.05, 4.69) is 32.7 Å². The molecule has 310 valence electrons. The highest BCUT2D eigenvalue weighted by Gasteiger charge is 2.59. The van der Waals surface area contributed by atoms with Gasteiger partial charge in [0, 0.05) is 55.7 Å².